The number of aryl methyl sites for hydroxylation is 2. The molecule has 3 N–H and O–H groups in total. The van der Waals surface area contributed by atoms with Crippen LogP contribution in [0.4, 0.5) is 5.82 Å². The van der Waals surface area contributed by atoms with Gasteiger partial charge in [0.25, 0.3) is 0 Å². The summed E-state index contributed by atoms with van der Waals surface area (Å²) in [5.41, 5.74) is 9.00. The number of hydrogen-bond donors (Lipinski definition) is 2. The second kappa shape index (κ2) is 6.48. The first kappa shape index (κ1) is 15.2. The molecule has 1 aromatic rings. The molecule has 0 aliphatic heterocycles. The molecule has 1 unspecified atom stereocenters. The molecule has 0 spiro atoms. The summed E-state index contributed by atoms with van der Waals surface area (Å²) in [7, 11) is 2.06. The number of nitrogens with two attached hydrogens (primary N) is 1. The minimum atomic E-state index is 0.117. The Kier molecular flexibility index (Phi) is 4.91. The van der Waals surface area contributed by atoms with Gasteiger partial charge in [-0.15, -0.1) is 0 Å². The van der Waals surface area contributed by atoms with Crippen LogP contribution in [-0.2, 0) is 12.8 Å². The predicted octanol–water partition coefficient (Wildman–Crippen LogP) is 2.43. The van der Waals surface area contributed by atoms with Gasteiger partial charge in [-0.1, -0.05) is 0 Å². The molecule has 1 heterocycles. The van der Waals surface area contributed by atoms with Crippen molar-refractivity contribution in [1.82, 2.24) is 4.98 Å². The number of fused-ring (bicyclic) bond motifs is 1. The van der Waals surface area contributed by atoms with Gasteiger partial charge in [0.15, 0.2) is 0 Å². The highest BCUT2D eigenvalue weighted by Crippen LogP contribution is 2.28. The number of aromatic nitrogens is 1. The van der Waals surface area contributed by atoms with Gasteiger partial charge in [0, 0.05) is 18.8 Å². The van der Waals surface area contributed by atoms with Crippen LogP contribution in [0.5, 0.6) is 0 Å². The average molecular weight is 292 g/mol. The summed E-state index contributed by atoms with van der Waals surface area (Å²) in [4.78, 5) is 6.97. The number of rotatable bonds is 6. The molecule has 0 amide bonds. The third-order valence-corrected chi connectivity index (χ3v) is 4.70. The Balaban J connectivity index is 2.31. The van der Waals surface area contributed by atoms with Gasteiger partial charge in [-0.25, -0.2) is 4.98 Å². The molecule has 0 saturated carbocycles. The third kappa shape index (κ3) is 3.08. The molecule has 20 heavy (non-hydrogen) atoms. The van der Waals surface area contributed by atoms with E-state index < -0.39 is 0 Å². The second-order valence-corrected chi connectivity index (χ2v) is 6.46. The monoisotopic (exact) mass is 292 g/mol. The number of nitrogen functional groups attached to an aromatic ring is 1. The van der Waals surface area contributed by atoms with Gasteiger partial charge in [0.2, 0.25) is 0 Å². The van der Waals surface area contributed by atoms with Crippen molar-refractivity contribution in [1.29, 1.82) is 5.41 Å². The lowest BCUT2D eigenvalue weighted by Gasteiger charge is -2.28. The number of thioether (sulfide) groups is 1. The standard InChI is InChI=1S/C15H24N4S/c1-10(7-8-20-3)19(2)15-12(14(16)17)9-11-5-4-6-13(11)18-15/h9-10H,4-8H2,1-3H3,(H3,16,17). The lowest BCUT2D eigenvalue weighted by Crippen LogP contribution is -2.32. The normalized spacial score (nSPS) is 14.9. The maximum absolute atomic E-state index is 7.82. The summed E-state index contributed by atoms with van der Waals surface area (Å²) in [6, 6.07) is 2.47. The van der Waals surface area contributed by atoms with E-state index in [-0.39, 0.29) is 5.84 Å². The molecule has 1 aliphatic carbocycles. The van der Waals surface area contributed by atoms with Gasteiger partial charge in [-0.2, -0.15) is 11.8 Å². The summed E-state index contributed by atoms with van der Waals surface area (Å²) in [6.45, 7) is 2.20. The molecular formula is C15H24N4S. The number of hydrogen-bond acceptors (Lipinski definition) is 4. The summed E-state index contributed by atoms with van der Waals surface area (Å²) in [6.07, 6.45) is 6.51. The number of nitrogens with zero attached hydrogens (tertiary/aromatic N) is 2. The Morgan fingerprint density at radius 3 is 2.95 bits per heavy atom. The molecule has 0 fully saturated rings. The van der Waals surface area contributed by atoms with E-state index in [1.807, 2.05) is 11.8 Å². The van der Waals surface area contributed by atoms with Gasteiger partial charge in [-0.3, -0.25) is 5.41 Å². The number of anilines is 1. The van der Waals surface area contributed by atoms with E-state index in [0.29, 0.717) is 6.04 Å². The third-order valence-electron chi connectivity index (χ3n) is 4.06. The molecule has 0 saturated heterocycles. The zero-order valence-corrected chi connectivity index (χ0v) is 13.4. The van der Waals surface area contributed by atoms with Gasteiger partial charge >= 0.3 is 0 Å². The molecule has 1 aromatic heterocycles. The highest BCUT2D eigenvalue weighted by atomic mass is 32.2. The fourth-order valence-corrected chi connectivity index (χ4v) is 3.20. The molecule has 110 valence electrons. The minimum absolute atomic E-state index is 0.117. The first-order valence-electron chi connectivity index (χ1n) is 7.13. The molecule has 2 rings (SSSR count). The smallest absolute Gasteiger partial charge is 0.139 e. The fourth-order valence-electron chi connectivity index (χ4n) is 2.62. The lowest BCUT2D eigenvalue weighted by atomic mass is 10.1. The van der Waals surface area contributed by atoms with Crippen molar-refractivity contribution in [2.24, 2.45) is 5.73 Å². The molecule has 5 heteroatoms. The molecule has 4 nitrogen and oxygen atoms in total. The van der Waals surface area contributed by atoms with Crippen LogP contribution in [0.1, 0.15) is 36.6 Å². The van der Waals surface area contributed by atoms with Crippen LogP contribution in [0, 0.1) is 5.41 Å². The van der Waals surface area contributed by atoms with Crippen molar-refractivity contribution in [2.75, 3.05) is 24.0 Å². The Labute approximate surface area is 125 Å². The van der Waals surface area contributed by atoms with E-state index in [1.165, 1.54) is 11.3 Å². The maximum atomic E-state index is 7.82. The lowest BCUT2D eigenvalue weighted by molar-refractivity contribution is 0.660. The van der Waals surface area contributed by atoms with Crippen LogP contribution in [0.15, 0.2) is 6.07 Å². The first-order chi connectivity index (χ1) is 9.54. The Hall–Kier alpha value is -1.23. The molecule has 1 aliphatic rings. The largest absolute Gasteiger partial charge is 0.384 e. The first-order valence-corrected chi connectivity index (χ1v) is 8.53. The highest BCUT2D eigenvalue weighted by molar-refractivity contribution is 7.98. The van der Waals surface area contributed by atoms with E-state index in [0.717, 1.165) is 42.8 Å². The maximum Gasteiger partial charge on any atom is 0.139 e. The number of pyridine rings is 1. The zero-order valence-electron chi connectivity index (χ0n) is 12.6. The quantitative estimate of drug-likeness (QED) is 0.624. The van der Waals surface area contributed by atoms with Crippen LogP contribution >= 0.6 is 11.8 Å². The van der Waals surface area contributed by atoms with Crippen molar-refractivity contribution < 1.29 is 0 Å². The molecule has 0 aromatic carbocycles. The minimum Gasteiger partial charge on any atom is -0.384 e. The van der Waals surface area contributed by atoms with E-state index in [4.69, 9.17) is 16.1 Å². The van der Waals surface area contributed by atoms with E-state index in [9.17, 15) is 0 Å². The SMILES string of the molecule is CSCCC(C)N(C)c1nc2c(cc1C(=N)N)CCC2. The summed E-state index contributed by atoms with van der Waals surface area (Å²) < 4.78 is 0. The van der Waals surface area contributed by atoms with E-state index in [2.05, 4.69) is 31.2 Å². The van der Waals surface area contributed by atoms with Gasteiger partial charge in [0.1, 0.15) is 11.7 Å². The fraction of sp³-hybridized carbons (Fsp3) is 0.600. The predicted molar refractivity (Wildman–Crippen MR) is 88.1 cm³/mol. The van der Waals surface area contributed by atoms with Crippen molar-refractivity contribution in [3.63, 3.8) is 0 Å². The molecule has 0 bridgehead atoms. The van der Waals surface area contributed by atoms with Crippen molar-refractivity contribution >= 4 is 23.4 Å². The van der Waals surface area contributed by atoms with Crippen LogP contribution in [-0.4, -0.2) is 35.9 Å². The van der Waals surface area contributed by atoms with Gasteiger partial charge < -0.3 is 10.6 Å². The molecule has 1 atom stereocenters. The number of nitrogens with one attached hydrogen (secondary N) is 1. The highest BCUT2D eigenvalue weighted by Gasteiger charge is 2.21. The average Bonchev–Trinajstić information content (AvgIpc) is 2.89. The second-order valence-electron chi connectivity index (χ2n) is 5.47. The van der Waals surface area contributed by atoms with Crippen molar-refractivity contribution in [3.8, 4) is 0 Å². The van der Waals surface area contributed by atoms with Crippen LogP contribution in [0.3, 0.4) is 0 Å². The summed E-state index contributed by atoms with van der Waals surface area (Å²) >= 11 is 1.86. The topological polar surface area (TPSA) is 66.0 Å². The van der Waals surface area contributed by atoms with Crippen molar-refractivity contribution in [2.45, 2.75) is 38.6 Å². The van der Waals surface area contributed by atoms with Crippen LogP contribution in [0.2, 0.25) is 0 Å². The van der Waals surface area contributed by atoms with Crippen LogP contribution in [0.25, 0.3) is 0 Å². The molecular weight excluding hydrogens is 268 g/mol. The Bertz CT molecular complexity index is 501. The van der Waals surface area contributed by atoms with Crippen molar-refractivity contribution in [3.05, 3.63) is 22.9 Å². The zero-order chi connectivity index (χ0) is 14.7. The number of amidine groups is 1. The Morgan fingerprint density at radius 2 is 2.30 bits per heavy atom. The van der Waals surface area contributed by atoms with Gasteiger partial charge in [0.05, 0.1) is 5.56 Å². The molecule has 0 radical (unpaired) electrons. The summed E-state index contributed by atoms with van der Waals surface area (Å²) in [5.74, 6) is 2.11. The van der Waals surface area contributed by atoms with Crippen LogP contribution < -0.4 is 10.6 Å². The summed E-state index contributed by atoms with van der Waals surface area (Å²) in [5, 5.41) is 7.82. The Morgan fingerprint density at radius 1 is 1.55 bits per heavy atom. The van der Waals surface area contributed by atoms with E-state index >= 15 is 0 Å². The van der Waals surface area contributed by atoms with Gasteiger partial charge in [-0.05, 0) is 56.2 Å². The van der Waals surface area contributed by atoms with E-state index in [1.54, 1.807) is 0 Å².